The molecule has 38 heavy (non-hydrogen) atoms. The van der Waals surface area contributed by atoms with E-state index in [1.165, 1.54) is 30.4 Å². The van der Waals surface area contributed by atoms with Gasteiger partial charge in [0, 0.05) is 5.56 Å². The van der Waals surface area contributed by atoms with Crippen LogP contribution in [0.4, 0.5) is 0 Å². The summed E-state index contributed by atoms with van der Waals surface area (Å²) in [5.74, 6) is -3.66. The van der Waals surface area contributed by atoms with Crippen molar-refractivity contribution in [2.24, 2.45) is 0 Å². The van der Waals surface area contributed by atoms with Crippen LogP contribution in [0, 0.1) is 0 Å². The molecule has 2 fully saturated rings. The van der Waals surface area contributed by atoms with Gasteiger partial charge >= 0.3 is 0 Å². The lowest BCUT2D eigenvalue weighted by Crippen LogP contribution is -2.76. The molecule has 0 radical (unpaired) electrons. The third kappa shape index (κ3) is 5.31. The highest BCUT2D eigenvalue weighted by molar-refractivity contribution is 6.06. The Morgan fingerprint density at radius 1 is 0.974 bits per heavy atom. The van der Waals surface area contributed by atoms with Crippen LogP contribution in [0.2, 0.25) is 0 Å². The lowest BCUT2D eigenvalue weighted by molar-refractivity contribution is -0.388. The van der Waals surface area contributed by atoms with Crippen LogP contribution in [0.15, 0.2) is 54.6 Å². The summed E-state index contributed by atoms with van der Waals surface area (Å²) >= 11 is 0. The highest BCUT2D eigenvalue weighted by atomic mass is 16.7. The lowest BCUT2D eigenvalue weighted by atomic mass is 9.84. The molecule has 2 aliphatic heterocycles. The quantitative estimate of drug-likeness (QED) is 0.148. The van der Waals surface area contributed by atoms with Gasteiger partial charge in [0.2, 0.25) is 0 Å². The highest BCUT2D eigenvalue weighted by Gasteiger charge is 2.64. The average Bonchev–Trinajstić information content (AvgIpc) is 2.92. The minimum atomic E-state index is -2.56. The molecule has 0 saturated carbocycles. The van der Waals surface area contributed by atoms with Crippen LogP contribution in [-0.2, 0) is 9.47 Å². The number of rotatable bonds is 7. The maximum Gasteiger partial charge on any atom is 0.269 e. The van der Waals surface area contributed by atoms with Crippen molar-refractivity contribution < 1.29 is 59.9 Å². The van der Waals surface area contributed by atoms with Gasteiger partial charge in [-0.15, -0.1) is 0 Å². The van der Waals surface area contributed by atoms with Crippen molar-refractivity contribution >= 4 is 11.9 Å². The Morgan fingerprint density at radius 3 is 2.34 bits per heavy atom. The van der Waals surface area contributed by atoms with Crippen molar-refractivity contribution in [3.05, 3.63) is 65.7 Å². The standard InChI is InChI=1S/C26H30O12/c27-11-19-21(32)22(33)24(35)26(38-19,25-23(34)20(31)17(30)12-36-25)37-18-9-7-13(10-16(18)29)6-8-15(28)14-4-2-1-3-5-14/h1-10,17,19-25,27,29-35H,11-12H2. The summed E-state index contributed by atoms with van der Waals surface area (Å²) in [4.78, 5) is 12.3. The monoisotopic (exact) mass is 534 g/mol. The molecule has 0 aromatic heterocycles. The summed E-state index contributed by atoms with van der Waals surface area (Å²) in [6.07, 6.45) is -11.5. The van der Waals surface area contributed by atoms with Crippen molar-refractivity contribution in [3.63, 3.8) is 0 Å². The van der Waals surface area contributed by atoms with E-state index in [-0.39, 0.29) is 11.5 Å². The van der Waals surface area contributed by atoms with Crippen molar-refractivity contribution in [3.8, 4) is 11.5 Å². The first-order valence-corrected chi connectivity index (χ1v) is 11.9. The predicted octanol–water partition coefficient (Wildman–Crippen LogP) is -1.68. The largest absolute Gasteiger partial charge is 0.504 e. The van der Waals surface area contributed by atoms with Gasteiger partial charge in [0.1, 0.15) is 36.6 Å². The van der Waals surface area contributed by atoms with Crippen LogP contribution in [0.1, 0.15) is 15.9 Å². The SMILES string of the molecule is O=C(C=Cc1ccc(OC2(C3OCC(O)C(O)C3O)OC(CO)C(O)C(O)C2O)c(O)c1)c1ccccc1. The van der Waals surface area contributed by atoms with Crippen LogP contribution in [-0.4, -0.2) is 114 Å². The lowest BCUT2D eigenvalue weighted by Gasteiger charge is -2.53. The summed E-state index contributed by atoms with van der Waals surface area (Å²) in [7, 11) is 0. The summed E-state index contributed by atoms with van der Waals surface area (Å²) in [6, 6.07) is 12.5. The molecule has 0 amide bonds. The molecule has 2 aromatic carbocycles. The number of phenols is 1. The molecule has 2 aromatic rings. The van der Waals surface area contributed by atoms with Gasteiger partial charge in [0.15, 0.2) is 29.5 Å². The molecule has 0 spiro atoms. The fraction of sp³-hybridized carbons (Fsp3) is 0.423. The Kier molecular flexibility index (Phi) is 8.47. The molecular formula is C26H30O12. The number of hydrogen-bond acceptors (Lipinski definition) is 12. The summed E-state index contributed by atoms with van der Waals surface area (Å²) in [5.41, 5.74) is 0.866. The Labute approximate surface area is 217 Å². The van der Waals surface area contributed by atoms with Gasteiger partial charge in [-0.3, -0.25) is 4.79 Å². The van der Waals surface area contributed by atoms with Crippen molar-refractivity contribution in [2.45, 2.75) is 54.6 Å². The van der Waals surface area contributed by atoms with Crippen molar-refractivity contribution in [1.82, 2.24) is 0 Å². The van der Waals surface area contributed by atoms with E-state index >= 15 is 0 Å². The first kappa shape index (κ1) is 28.1. The zero-order chi connectivity index (χ0) is 27.6. The van der Waals surface area contributed by atoms with Gasteiger partial charge in [-0.25, -0.2) is 0 Å². The van der Waals surface area contributed by atoms with E-state index in [1.54, 1.807) is 30.3 Å². The van der Waals surface area contributed by atoms with E-state index in [2.05, 4.69) is 0 Å². The topological polar surface area (TPSA) is 207 Å². The number of aliphatic hydroxyl groups excluding tert-OH is 7. The molecule has 4 rings (SSSR count). The molecule has 9 atom stereocenters. The van der Waals surface area contributed by atoms with E-state index in [1.807, 2.05) is 0 Å². The predicted molar refractivity (Wildman–Crippen MR) is 129 cm³/mol. The molecule has 8 N–H and O–H groups in total. The third-order valence-corrected chi connectivity index (χ3v) is 6.62. The number of hydrogen-bond donors (Lipinski definition) is 8. The first-order chi connectivity index (χ1) is 18.1. The Balaban J connectivity index is 1.65. The van der Waals surface area contributed by atoms with E-state index < -0.39 is 73.6 Å². The van der Waals surface area contributed by atoms with Crippen LogP contribution >= 0.6 is 0 Å². The number of carbonyl (C=O) groups excluding carboxylic acids is 1. The highest BCUT2D eigenvalue weighted by Crippen LogP contribution is 2.42. The number of aromatic hydroxyl groups is 1. The van der Waals surface area contributed by atoms with Crippen LogP contribution in [0.3, 0.4) is 0 Å². The smallest absolute Gasteiger partial charge is 0.269 e. The minimum absolute atomic E-state index is 0.269. The Bertz CT molecular complexity index is 1140. The molecule has 206 valence electrons. The Hall–Kier alpha value is -2.91. The van der Waals surface area contributed by atoms with Gasteiger partial charge in [-0.05, 0) is 23.8 Å². The summed E-state index contributed by atoms with van der Waals surface area (Å²) in [6.45, 7) is -1.35. The molecule has 2 saturated heterocycles. The summed E-state index contributed by atoms with van der Waals surface area (Å²) in [5, 5.41) is 82.7. The zero-order valence-electron chi connectivity index (χ0n) is 20.0. The second-order valence-electron chi connectivity index (χ2n) is 9.18. The van der Waals surface area contributed by atoms with Gasteiger partial charge in [-0.2, -0.15) is 0 Å². The maximum absolute atomic E-state index is 12.3. The van der Waals surface area contributed by atoms with Gasteiger partial charge in [0.05, 0.1) is 13.2 Å². The number of ketones is 1. The number of phenolic OH excluding ortho intramolecular Hbond substituents is 1. The fourth-order valence-electron chi connectivity index (χ4n) is 4.47. The molecule has 2 aliphatic rings. The van der Waals surface area contributed by atoms with Crippen molar-refractivity contribution in [2.75, 3.05) is 13.2 Å². The van der Waals surface area contributed by atoms with Gasteiger partial charge < -0.3 is 55.1 Å². The van der Waals surface area contributed by atoms with Gasteiger partial charge in [-0.1, -0.05) is 42.5 Å². The maximum atomic E-state index is 12.3. The molecule has 0 aliphatic carbocycles. The molecule has 12 heteroatoms. The van der Waals surface area contributed by atoms with E-state index in [9.17, 15) is 45.6 Å². The molecule has 0 bridgehead atoms. The van der Waals surface area contributed by atoms with E-state index in [0.717, 1.165) is 0 Å². The van der Waals surface area contributed by atoms with Crippen LogP contribution in [0.5, 0.6) is 11.5 Å². The number of carbonyl (C=O) groups is 1. The van der Waals surface area contributed by atoms with Crippen LogP contribution in [0.25, 0.3) is 6.08 Å². The average molecular weight is 535 g/mol. The van der Waals surface area contributed by atoms with E-state index in [4.69, 9.17) is 14.2 Å². The van der Waals surface area contributed by atoms with Crippen LogP contribution < -0.4 is 4.74 Å². The van der Waals surface area contributed by atoms with E-state index in [0.29, 0.717) is 11.1 Å². The molecular weight excluding hydrogens is 504 g/mol. The Morgan fingerprint density at radius 2 is 1.68 bits per heavy atom. The number of aliphatic hydroxyl groups is 7. The fourth-order valence-corrected chi connectivity index (χ4v) is 4.47. The molecule has 9 unspecified atom stereocenters. The zero-order valence-corrected chi connectivity index (χ0v) is 20.0. The van der Waals surface area contributed by atoms with Gasteiger partial charge in [0.25, 0.3) is 5.79 Å². The normalized spacial score (nSPS) is 35.8. The molecule has 2 heterocycles. The van der Waals surface area contributed by atoms with Crippen molar-refractivity contribution in [1.29, 1.82) is 0 Å². The first-order valence-electron chi connectivity index (χ1n) is 11.9. The number of benzene rings is 2. The minimum Gasteiger partial charge on any atom is -0.504 e. The number of ether oxygens (including phenoxy) is 3. The number of allylic oxidation sites excluding steroid dienone is 1. The molecule has 12 nitrogen and oxygen atoms in total. The second-order valence-corrected chi connectivity index (χ2v) is 9.18. The summed E-state index contributed by atoms with van der Waals surface area (Å²) < 4.78 is 16.9. The second kappa shape index (κ2) is 11.5. The third-order valence-electron chi connectivity index (χ3n) is 6.62.